The predicted octanol–water partition coefficient (Wildman–Crippen LogP) is 1.32. The Hall–Kier alpha value is -1.80. The molecule has 0 spiro atoms. The van der Waals surface area contributed by atoms with Gasteiger partial charge in [0.15, 0.2) is 0 Å². The van der Waals surface area contributed by atoms with Crippen molar-refractivity contribution in [3.63, 3.8) is 0 Å². The third-order valence-electron chi connectivity index (χ3n) is 3.04. The van der Waals surface area contributed by atoms with Crippen LogP contribution in [0.25, 0.3) is 0 Å². The molecule has 1 amide bonds. The summed E-state index contributed by atoms with van der Waals surface area (Å²) in [6.07, 6.45) is 0. The first-order valence-corrected chi connectivity index (χ1v) is 5.96. The van der Waals surface area contributed by atoms with E-state index in [1.165, 1.54) is 6.07 Å². The largest absolute Gasteiger partial charge is 0.352 e. The number of rotatable bonds is 1. The quantitative estimate of drug-likeness (QED) is 0.777. The lowest BCUT2D eigenvalue weighted by Crippen LogP contribution is -2.62. The van der Waals surface area contributed by atoms with E-state index < -0.39 is 5.54 Å². The highest BCUT2D eigenvalue weighted by molar-refractivity contribution is 6.29. The number of carbonyl (C=O) groups is 1. The molecule has 0 atom stereocenters. The van der Waals surface area contributed by atoms with Crippen LogP contribution in [0.2, 0.25) is 5.15 Å². The maximum absolute atomic E-state index is 11.9. The van der Waals surface area contributed by atoms with Gasteiger partial charge in [-0.3, -0.25) is 4.79 Å². The number of nitriles is 1. The molecule has 0 aromatic carbocycles. The lowest BCUT2D eigenvalue weighted by atomic mass is 9.99. The first-order valence-electron chi connectivity index (χ1n) is 5.59. The van der Waals surface area contributed by atoms with Crippen LogP contribution in [0.1, 0.15) is 19.4 Å². The van der Waals surface area contributed by atoms with Crippen molar-refractivity contribution in [2.24, 2.45) is 0 Å². The maximum Gasteiger partial charge on any atom is 0.245 e. The summed E-state index contributed by atoms with van der Waals surface area (Å²) in [6.45, 7) is 4.82. The average Bonchev–Trinajstić information content (AvgIpc) is 2.31. The molecule has 1 saturated heterocycles. The van der Waals surface area contributed by atoms with Crippen molar-refractivity contribution in [1.82, 2.24) is 10.3 Å². The number of anilines is 1. The van der Waals surface area contributed by atoms with E-state index in [0.29, 0.717) is 24.5 Å². The minimum Gasteiger partial charge on any atom is -0.352 e. The van der Waals surface area contributed by atoms with Gasteiger partial charge in [-0.15, -0.1) is 0 Å². The van der Waals surface area contributed by atoms with Crippen molar-refractivity contribution in [2.75, 3.05) is 18.0 Å². The fraction of sp³-hybridized carbons (Fsp3) is 0.417. The fourth-order valence-electron chi connectivity index (χ4n) is 1.99. The monoisotopic (exact) mass is 264 g/mol. The van der Waals surface area contributed by atoms with Crippen molar-refractivity contribution in [2.45, 2.75) is 19.4 Å². The van der Waals surface area contributed by atoms with Crippen LogP contribution in [0.5, 0.6) is 0 Å². The van der Waals surface area contributed by atoms with Crippen molar-refractivity contribution in [1.29, 1.82) is 5.26 Å². The van der Waals surface area contributed by atoms with Gasteiger partial charge in [-0.2, -0.15) is 5.26 Å². The van der Waals surface area contributed by atoms with Gasteiger partial charge in [0.1, 0.15) is 16.5 Å². The molecule has 0 unspecified atom stereocenters. The van der Waals surface area contributed by atoms with E-state index in [2.05, 4.69) is 10.3 Å². The topological polar surface area (TPSA) is 69.0 Å². The summed E-state index contributed by atoms with van der Waals surface area (Å²) in [5.41, 5.74) is -0.269. The zero-order valence-corrected chi connectivity index (χ0v) is 11.0. The Morgan fingerprint density at radius 1 is 1.56 bits per heavy atom. The van der Waals surface area contributed by atoms with Crippen LogP contribution in [0.3, 0.4) is 0 Å². The minimum atomic E-state index is -0.706. The number of nitrogens with zero attached hydrogens (tertiary/aromatic N) is 3. The van der Waals surface area contributed by atoms with E-state index in [4.69, 9.17) is 16.9 Å². The van der Waals surface area contributed by atoms with E-state index in [1.54, 1.807) is 6.07 Å². The van der Waals surface area contributed by atoms with Gasteiger partial charge in [0.2, 0.25) is 5.91 Å². The van der Waals surface area contributed by atoms with Crippen molar-refractivity contribution < 1.29 is 4.79 Å². The third-order valence-corrected chi connectivity index (χ3v) is 3.23. The van der Waals surface area contributed by atoms with Gasteiger partial charge in [-0.05, 0) is 26.0 Å². The van der Waals surface area contributed by atoms with Crippen LogP contribution >= 0.6 is 11.6 Å². The van der Waals surface area contributed by atoms with Gasteiger partial charge in [0.05, 0.1) is 11.6 Å². The SMILES string of the molecule is CC1(C)C(=O)NCCN1c1cc(C#N)cc(Cl)n1. The fourth-order valence-corrected chi connectivity index (χ4v) is 2.19. The number of piperazine rings is 1. The van der Waals surface area contributed by atoms with Crippen LogP contribution in [-0.4, -0.2) is 29.5 Å². The number of hydrogen-bond donors (Lipinski definition) is 1. The molecule has 1 aliphatic rings. The van der Waals surface area contributed by atoms with Gasteiger partial charge >= 0.3 is 0 Å². The second-order valence-electron chi connectivity index (χ2n) is 4.62. The number of amides is 1. The van der Waals surface area contributed by atoms with Gasteiger partial charge in [-0.25, -0.2) is 4.98 Å². The van der Waals surface area contributed by atoms with E-state index in [9.17, 15) is 4.79 Å². The number of nitrogens with one attached hydrogen (secondary N) is 1. The van der Waals surface area contributed by atoms with Crippen LogP contribution in [-0.2, 0) is 4.79 Å². The predicted molar refractivity (Wildman–Crippen MR) is 68.4 cm³/mol. The van der Waals surface area contributed by atoms with Crippen LogP contribution in [0.15, 0.2) is 12.1 Å². The molecule has 2 heterocycles. The molecule has 1 fully saturated rings. The molecule has 1 aromatic heterocycles. The molecule has 5 nitrogen and oxygen atoms in total. The van der Waals surface area contributed by atoms with Gasteiger partial charge in [0, 0.05) is 13.1 Å². The van der Waals surface area contributed by atoms with Crippen LogP contribution < -0.4 is 10.2 Å². The highest BCUT2D eigenvalue weighted by Crippen LogP contribution is 2.26. The van der Waals surface area contributed by atoms with E-state index in [0.717, 1.165) is 0 Å². The summed E-state index contributed by atoms with van der Waals surface area (Å²) >= 11 is 5.89. The summed E-state index contributed by atoms with van der Waals surface area (Å²) in [4.78, 5) is 17.9. The molecule has 0 aliphatic carbocycles. The molecule has 0 saturated carbocycles. The number of halogens is 1. The molecular formula is C12H13ClN4O. The van der Waals surface area contributed by atoms with Gasteiger partial charge < -0.3 is 10.2 Å². The van der Waals surface area contributed by atoms with Gasteiger partial charge in [-0.1, -0.05) is 11.6 Å². The maximum atomic E-state index is 11.9. The second kappa shape index (κ2) is 4.46. The number of carbonyl (C=O) groups excluding carboxylic acids is 1. The smallest absolute Gasteiger partial charge is 0.245 e. The Labute approximate surface area is 110 Å². The zero-order chi connectivity index (χ0) is 13.3. The second-order valence-corrected chi connectivity index (χ2v) is 5.00. The summed E-state index contributed by atoms with van der Waals surface area (Å²) in [5, 5.41) is 12.0. The summed E-state index contributed by atoms with van der Waals surface area (Å²) in [7, 11) is 0. The van der Waals surface area contributed by atoms with Crippen LogP contribution in [0, 0.1) is 11.3 Å². The normalized spacial score (nSPS) is 18.1. The van der Waals surface area contributed by atoms with Crippen molar-refractivity contribution >= 4 is 23.3 Å². The molecule has 1 N–H and O–H groups in total. The molecular weight excluding hydrogens is 252 g/mol. The molecule has 1 aromatic rings. The molecule has 0 radical (unpaired) electrons. The minimum absolute atomic E-state index is 0.0611. The average molecular weight is 265 g/mol. The molecule has 18 heavy (non-hydrogen) atoms. The zero-order valence-electron chi connectivity index (χ0n) is 10.2. The Kier molecular flexibility index (Phi) is 3.14. The number of pyridine rings is 1. The van der Waals surface area contributed by atoms with Crippen molar-refractivity contribution in [3.8, 4) is 6.07 Å². The Balaban J connectivity index is 2.45. The third kappa shape index (κ3) is 2.12. The molecule has 94 valence electrons. The summed E-state index contributed by atoms with van der Waals surface area (Å²) in [5.74, 6) is 0.493. The lowest BCUT2D eigenvalue weighted by Gasteiger charge is -2.42. The lowest BCUT2D eigenvalue weighted by molar-refractivity contribution is -0.126. The van der Waals surface area contributed by atoms with Crippen molar-refractivity contribution in [3.05, 3.63) is 22.8 Å². The Morgan fingerprint density at radius 2 is 2.28 bits per heavy atom. The van der Waals surface area contributed by atoms with Gasteiger partial charge in [0.25, 0.3) is 0 Å². The van der Waals surface area contributed by atoms with Crippen LogP contribution in [0.4, 0.5) is 5.82 Å². The standard InChI is InChI=1S/C12H13ClN4O/c1-12(2)11(18)15-3-4-17(12)10-6-8(7-14)5-9(13)16-10/h5-6H,3-4H2,1-2H3,(H,15,18). The Bertz CT molecular complexity index is 535. The van der Waals surface area contributed by atoms with E-state index >= 15 is 0 Å². The summed E-state index contributed by atoms with van der Waals surface area (Å²) < 4.78 is 0. The molecule has 2 rings (SSSR count). The van der Waals surface area contributed by atoms with E-state index in [-0.39, 0.29) is 11.1 Å². The van der Waals surface area contributed by atoms with E-state index in [1.807, 2.05) is 24.8 Å². The highest BCUT2D eigenvalue weighted by atomic mass is 35.5. The molecule has 6 heteroatoms. The highest BCUT2D eigenvalue weighted by Gasteiger charge is 2.38. The molecule has 1 aliphatic heterocycles. The summed E-state index contributed by atoms with van der Waals surface area (Å²) in [6, 6.07) is 5.18. The first-order chi connectivity index (χ1) is 8.45. The number of aromatic nitrogens is 1. The molecule has 0 bridgehead atoms. The number of hydrogen-bond acceptors (Lipinski definition) is 4. The first kappa shape index (κ1) is 12.7. The Morgan fingerprint density at radius 3 is 2.94 bits per heavy atom.